The minimum Gasteiger partial charge on any atom is -0.433 e. The third-order valence-electron chi connectivity index (χ3n) is 2.48. The molecule has 1 heterocycles. The number of halogens is 2. The number of rotatable bonds is 4. The van der Waals surface area contributed by atoms with Crippen LogP contribution in [0.2, 0.25) is 0 Å². The molecule has 0 fully saturated rings. The van der Waals surface area contributed by atoms with Crippen molar-refractivity contribution in [1.82, 2.24) is 4.98 Å². The molecule has 106 valence electrons. The summed E-state index contributed by atoms with van der Waals surface area (Å²) < 4.78 is 28.8. The molecule has 1 aromatic heterocycles. The van der Waals surface area contributed by atoms with Gasteiger partial charge in [-0.25, -0.2) is 4.98 Å². The number of amides is 1. The first-order valence-corrected chi connectivity index (χ1v) is 5.81. The third-order valence-corrected chi connectivity index (χ3v) is 2.48. The summed E-state index contributed by atoms with van der Waals surface area (Å²) in [6.45, 7) is -2.99. The highest BCUT2D eigenvalue weighted by Gasteiger charge is 2.13. The van der Waals surface area contributed by atoms with Crippen LogP contribution >= 0.6 is 0 Å². The van der Waals surface area contributed by atoms with Crippen LogP contribution in [-0.2, 0) is 0 Å². The number of ether oxygens (including phenoxy) is 1. The summed E-state index contributed by atoms with van der Waals surface area (Å²) in [6.07, 6.45) is 1.25. The Hall–Kier alpha value is -3.01. The average Bonchev–Trinajstić information content (AvgIpc) is 2.49. The molecule has 21 heavy (non-hydrogen) atoms. The Bertz CT molecular complexity index is 681. The van der Waals surface area contributed by atoms with Crippen molar-refractivity contribution in [2.75, 3.05) is 5.32 Å². The van der Waals surface area contributed by atoms with E-state index in [-0.39, 0.29) is 17.1 Å². The first-order valence-electron chi connectivity index (χ1n) is 5.81. The van der Waals surface area contributed by atoms with Crippen LogP contribution < -0.4 is 10.1 Å². The Morgan fingerprint density at radius 2 is 2.05 bits per heavy atom. The standard InChI is InChI=1S/C14H9F2N3O2/c15-14(16)21-12-4-2-1-3-10(12)19-13(20)11-6-5-9(7-17)8-18-11/h1-6,8,14H,(H,19,20). The van der Waals surface area contributed by atoms with E-state index >= 15 is 0 Å². The maximum atomic E-state index is 12.3. The van der Waals surface area contributed by atoms with Gasteiger partial charge in [0.1, 0.15) is 17.5 Å². The van der Waals surface area contributed by atoms with Crippen LogP contribution in [0.4, 0.5) is 14.5 Å². The van der Waals surface area contributed by atoms with E-state index in [0.717, 1.165) is 0 Å². The molecule has 1 amide bonds. The van der Waals surface area contributed by atoms with E-state index in [4.69, 9.17) is 5.26 Å². The molecule has 0 unspecified atom stereocenters. The van der Waals surface area contributed by atoms with Crippen molar-refractivity contribution >= 4 is 11.6 Å². The number of alkyl halides is 2. The summed E-state index contributed by atoms with van der Waals surface area (Å²) in [5, 5.41) is 11.1. The number of nitriles is 1. The second kappa shape index (κ2) is 6.43. The van der Waals surface area contributed by atoms with Crippen LogP contribution in [0.3, 0.4) is 0 Å². The quantitative estimate of drug-likeness (QED) is 0.939. The number of pyridine rings is 1. The number of nitrogens with one attached hydrogen (secondary N) is 1. The van der Waals surface area contributed by atoms with Gasteiger partial charge in [-0.15, -0.1) is 0 Å². The summed E-state index contributed by atoms with van der Waals surface area (Å²) in [7, 11) is 0. The van der Waals surface area contributed by atoms with Crippen molar-refractivity contribution in [1.29, 1.82) is 5.26 Å². The SMILES string of the molecule is N#Cc1ccc(C(=O)Nc2ccccc2OC(F)F)nc1. The summed E-state index contributed by atoms with van der Waals surface area (Å²) in [6, 6.07) is 10.5. The Labute approximate surface area is 118 Å². The molecule has 0 aliphatic carbocycles. The van der Waals surface area contributed by atoms with E-state index in [1.54, 1.807) is 6.07 Å². The summed E-state index contributed by atoms with van der Waals surface area (Å²) in [4.78, 5) is 15.8. The lowest BCUT2D eigenvalue weighted by molar-refractivity contribution is -0.0493. The van der Waals surface area contributed by atoms with Gasteiger partial charge >= 0.3 is 6.61 Å². The van der Waals surface area contributed by atoms with Gasteiger partial charge in [0.15, 0.2) is 0 Å². The molecule has 1 aromatic carbocycles. The minimum absolute atomic E-state index is 0.0563. The highest BCUT2D eigenvalue weighted by atomic mass is 19.3. The highest BCUT2D eigenvalue weighted by Crippen LogP contribution is 2.25. The number of benzene rings is 1. The number of nitrogens with zero attached hydrogens (tertiary/aromatic N) is 2. The Balaban J connectivity index is 2.17. The van der Waals surface area contributed by atoms with Crippen LogP contribution in [0.25, 0.3) is 0 Å². The molecule has 2 aromatic rings. The zero-order chi connectivity index (χ0) is 15.2. The molecule has 0 bridgehead atoms. The number of hydrogen-bond donors (Lipinski definition) is 1. The second-order valence-corrected chi connectivity index (χ2v) is 3.87. The smallest absolute Gasteiger partial charge is 0.387 e. The zero-order valence-corrected chi connectivity index (χ0v) is 10.6. The van der Waals surface area contributed by atoms with E-state index in [1.165, 1.54) is 36.5 Å². The molecule has 0 saturated carbocycles. The van der Waals surface area contributed by atoms with Crippen LogP contribution in [-0.4, -0.2) is 17.5 Å². The molecule has 1 N–H and O–H groups in total. The summed E-state index contributed by atoms with van der Waals surface area (Å²) in [5.74, 6) is -0.737. The third kappa shape index (κ3) is 3.73. The molecule has 0 saturated heterocycles. The number of carbonyl (C=O) groups is 1. The van der Waals surface area contributed by atoms with Crippen LogP contribution in [0.15, 0.2) is 42.6 Å². The molecule has 0 atom stereocenters. The molecular formula is C14H9F2N3O2. The highest BCUT2D eigenvalue weighted by molar-refractivity contribution is 6.03. The van der Waals surface area contributed by atoms with E-state index in [2.05, 4.69) is 15.0 Å². The maximum Gasteiger partial charge on any atom is 0.387 e. The lowest BCUT2D eigenvalue weighted by Gasteiger charge is -2.11. The maximum absolute atomic E-state index is 12.3. The molecule has 5 nitrogen and oxygen atoms in total. The van der Waals surface area contributed by atoms with Gasteiger partial charge < -0.3 is 10.1 Å². The normalized spacial score (nSPS) is 10.0. The molecular weight excluding hydrogens is 280 g/mol. The van der Waals surface area contributed by atoms with Crippen molar-refractivity contribution in [3.05, 3.63) is 53.9 Å². The van der Waals surface area contributed by atoms with Gasteiger partial charge in [0.05, 0.1) is 11.3 Å². The van der Waals surface area contributed by atoms with Crippen LogP contribution in [0, 0.1) is 11.3 Å². The van der Waals surface area contributed by atoms with Gasteiger partial charge in [-0.2, -0.15) is 14.0 Å². The number of para-hydroxylation sites is 2. The largest absolute Gasteiger partial charge is 0.433 e. The molecule has 0 aliphatic rings. The lowest BCUT2D eigenvalue weighted by atomic mass is 10.2. The van der Waals surface area contributed by atoms with E-state index in [0.29, 0.717) is 5.56 Å². The molecule has 0 aliphatic heterocycles. The van der Waals surface area contributed by atoms with Crippen LogP contribution in [0.1, 0.15) is 16.1 Å². The minimum atomic E-state index is -2.99. The zero-order valence-electron chi connectivity index (χ0n) is 10.6. The predicted octanol–water partition coefficient (Wildman–Crippen LogP) is 2.81. The lowest BCUT2D eigenvalue weighted by Crippen LogP contribution is -2.15. The number of carbonyl (C=O) groups excluding carboxylic acids is 1. The predicted molar refractivity (Wildman–Crippen MR) is 70.0 cm³/mol. The molecule has 0 radical (unpaired) electrons. The summed E-state index contributed by atoms with van der Waals surface area (Å²) >= 11 is 0. The topological polar surface area (TPSA) is 75.0 Å². The fourth-order valence-electron chi connectivity index (χ4n) is 1.55. The van der Waals surface area contributed by atoms with Crippen molar-refractivity contribution in [3.63, 3.8) is 0 Å². The molecule has 7 heteroatoms. The van der Waals surface area contributed by atoms with Crippen molar-refractivity contribution in [2.45, 2.75) is 6.61 Å². The van der Waals surface area contributed by atoms with Gasteiger partial charge in [-0.05, 0) is 24.3 Å². The van der Waals surface area contributed by atoms with Gasteiger partial charge in [0.25, 0.3) is 5.91 Å². The van der Waals surface area contributed by atoms with Gasteiger partial charge in [0, 0.05) is 6.20 Å². The monoisotopic (exact) mass is 289 g/mol. The Morgan fingerprint density at radius 1 is 1.29 bits per heavy atom. The van der Waals surface area contributed by atoms with Gasteiger partial charge in [-0.3, -0.25) is 4.79 Å². The fraction of sp³-hybridized carbons (Fsp3) is 0.0714. The summed E-state index contributed by atoms with van der Waals surface area (Å²) in [5.41, 5.74) is 0.475. The Kier molecular flexibility index (Phi) is 4.41. The second-order valence-electron chi connectivity index (χ2n) is 3.87. The van der Waals surface area contributed by atoms with Crippen molar-refractivity contribution < 1.29 is 18.3 Å². The van der Waals surface area contributed by atoms with Crippen molar-refractivity contribution in [2.24, 2.45) is 0 Å². The first kappa shape index (κ1) is 14.4. The van der Waals surface area contributed by atoms with E-state index in [9.17, 15) is 13.6 Å². The van der Waals surface area contributed by atoms with Crippen molar-refractivity contribution in [3.8, 4) is 11.8 Å². The van der Waals surface area contributed by atoms with Crippen LogP contribution in [0.5, 0.6) is 5.75 Å². The first-order chi connectivity index (χ1) is 10.1. The van der Waals surface area contributed by atoms with Gasteiger partial charge in [-0.1, -0.05) is 12.1 Å². The van der Waals surface area contributed by atoms with E-state index in [1.807, 2.05) is 6.07 Å². The number of hydrogen-bond acceptors (Lipinski definition) is 4. The molecule has 0 spiro atoms. The average molecular weight is 289 g/mol. The number of aromatic nitrogens is 1. The van der Waals surface area contributed by atoms with Gasteiger partial charge in [0.2, 0.25) is 0 Å². The number of anilines is 1. The Morgan fingerprint density at radius 3 is 2.67 bits per heavy atom. The fourth-order valence-corrected chi connectivity index (χ4v) is 1.55. The van der Waals surface area contributed by atoms with E-state index < -0.39 is 12.5 Å². The molecule has 2 rings (SSSR count).